The van der Waals surface area contributed by atoms with E-state index in [1.54, 1.807) is 35.3 Å². The Bertz CT molecular complexity index is 895. The summed E-state index contributed by atoms with van der Waals surface area (Å²) in [6, 6.07) is 10.3. The molecule has 128 valence electrons. The number of aromatic nitrogens is 3. The summed E-state index contributed by atoms with van der Waals surface area (Å²) >= 11 is 11.8. The molecule has 2 heterocycles. The molecule has 0 fully saturated rings. The standard InChI is InChI=1S/C17H15Cl2N5O/c1-24-16(11-4-6-20-7-5-11)9-13(23-24)10-21-17(25)22-12-2-3-14(18)15(19)8-12/h2-9H,10H2,1H3,(H2,21,22,25). The fraction of sp³-hybridized carbons (Fsp3) is 0.118. The van der Waals surface area contributed by atoms with Crippen LogP contribution in [0, 0.1) is 0 Å². The summed E-state index contributed by atoms with van der Waals surface area (Å²) in [6.45, 7) is 0.298. The van der Waals surface area contributed by atoms with E-state index in [9.17, 15) is 4.79 Å². The number of carbonyl (C=O) groups excluding carboxylic acids is 1. The molecule has 3 rings (SSSR count). The lowest BCUT2D eigenvalue weighted by Crippen LogP contribution is -2.28. The maximum absolute atomic E-state index is 12.0. The highest BCUT2D eigenvalue weighted by Crippen LogP contribution is 2.25. The van der Waals surface area contributed by atoms with Crippen LogP contribution in [0.3, 0.4) is 0 Å². The maximum Gasteiger partial charge on any atom is 0.319 e. The van der Waals surface area contributed by atoms with Crippen LogP contribution in [0.1, 0.15) is 5.69 Å². The molecule has 0 aliphatic heterocycles. The maximum atomic E-state index is 12.0. The van der Waals surface area contributed by atoms with Gasteiger partial charge in [-0.05, 0) is 36.4 Å². The molecule has 0 saturated carbocycles. The van der Waals surface area contributed by atoms with E-state index in [0.29, 0.717) is 22.3 Å². The molecule has 0 aliphatic carbocycles. The van der Waals surface area contributed by atoms with Gasteiger partial charge in [0.1, 0.15) is 0 Å². The van der Waals surface area contributed by atoms with E-state index < -0.39 is 0 Å². The van der Waals surface area contributed by atoms with E-state index in [4.69, 9.17) is 23.2 Å². The monoisotopic (exact) mass is 375 g/mol. The molecule has 2 aromatic heterocycles. The number of carbonyl (C=O) groups is 1. The number of benzene rings is 1. The fourth-order valence-corrected chi connectivity index (χ4v) is 2.62. The number of amides is 2. The van der Waals surface area contributed by atoms with E-state index in [2.05, 4.69) is 20.7 Å². The van der Waals surface area contributed by atoms with Crippen molar-refractivity contribution in [3.05, 3.63) is 64.5 Å². The predicted octanol–water partition coefficient (Wildman–Crippen LogP) is 4.11. The average molecular weight is 376 g/mol. The number of nitrogens with zero attached hydrogens (tertiary/aromatic N) is 3. The van der Waals surface area contributed by atoms with Gasteiger partial charge in [0.05, 0.1) is 28.0 Å². The van der Waals surface area contributed by atoms with Crippen LogP contribution in [-0.2, 0) is 13.6 Å². The first-order valence-corrected chi connectivity index (χ1v) is 8.22. The third-order valence-corrected chi connectivity index (χ3v) is 4.25. The normalized spacial score (nSPS) is 10.5. The number of urea groups is 1. The molecule has 25 heavy (non-hydrogen) atoms. The van der Waals surface area contributed by atoms with Crippen LogP contribution in [0.2, 0.25) is 10.0 Å². The number of rotatable bonds is 4. The molecular weight excluding hydrogens is 361 g/mol. The van der Waals surface area contributed by atoms with Gasteiger partial charge in [-0.1, -0.05) is 23.2 Å². The predicted molar refractivity (Wildman–Crippen MR) is 98.8 cm³/mol. The highest BCUT2D eigenvalue weighted by Gasteiger charge is 2.09. The van der Waals surface area contributed by atoms with Gasteiger partial charge in [-0.25, -0.2) is 4.79 Å². The third-order valence-electron chi connectivity index (χ3n) is 3.51. The van der Waals surface area contributed by atoms with E-state index in [0.717, 1.165) is 17.0 Å². The zero-order valence-electron chi connectivity index (χ0n) is 13.3. The summed E-state index contributed by atoms with van der Waals surface area (Å²) in [7, 11) is 1.86. The average Bonchev–Trinajstić information content (AvgIpc) is 2.98. The van der Waals surface area contributed by atoms with Crippen molar-refractivity contribution in [1.82, 2.24) is 20.1 Å². The number of hydrogen-bond acceptors (Lipinski definition) is 3. The molecule has 0 aliphatic rings. The van der Waals surface area contributed by atoms with Crippen molar-refractivity contribution in [3.8, 4) is 11.3 Å². The quantitative estimate of drug-likeness (QED) is 0.720. The highest BCUT2D eigenvalue weighted by molar-refractivity contribution is 6.42. The first-order valence-electron chi connectivity index (χ1n) is 7.46. The van der Waals surface area contributed by atoms with Crippen LogP contribution in [0.4, 0.5) is 10.5 Å². The lowest BCUT2D eigenvalue weighted by atomic mass is 10.2. The van der Waals surface area contributed by atoms with Gasteiger partial charge in [0, 0.05) is 30.7 Å². The summed E-state index contributed by atoms with van der Waals surface area (Å²) < 4.78 is 1.77. The van der Waals surface area contributed by atoms with Gasteiger partial charge in [0.25, 0.3) is 0 Å². The number of pyridine rings is 1. The Morgan fingerprint density at radius 3 is 2.60 bits per heavy atom. The summed E-state index contributed by atoms with van der Waals surface area (Å²) in [4.78, 5) is 16.0. The summed E-state index contributed by atoms with van der Waals surface area (Å²) in [5, 5.41) is 10.7. The van der Waals surface area contributed by atoms with Gasteiger partial charge in [-0.2, -0.15) is 5.10 Å². The Balaban J connectivity index is 1.62. The van der Waals surface area contributed by atoms with Crippen LogP contribution >= 0.6 is 23.2 Å². The van der Waals surface area contributed by atoms with E-state index in [1.165, 1.54) is 0 Å². The number of hydrogen-bond donors (Lipinski definition) is 2. The van der Waals surface area contributed by atoms with Gasteiger partial charge < -0.3 is 10.6 Å². The summed E-state index contributed by atoms with van der Waals surface area (Å²) in [5.41, 5.74) is 3.27. The number of anilines is 1. The molecule has 0 radical (unpaired) electrons. The molecule has 0 bridgehead atoms. The van der Waals surface area contributed by atoms with Crippen molar-refractivity contribution in [2.75, 3.05) is 5.32 Å². The van der Waals surface area contributed by atoms with Crippen LogP contribution in [0.25, 0.3) is 11.3 Å². The highest BCUT2D eigenvalue weighted by atomic mass is 35.5. The lowest BCUT2D eigenvalue weighted by molar-refractivity contribution is 0.251. The second kappa shape index (κ2) is 7.55. The second-order valence-electron chi connectivity index (χ2n) is 5.32. The number of nitrogens with one attached hydrogen (secondary N) is 2. The topological polar surface area (TPSA) is 71.8 Å². The van der Waals surface area contributed by atoms with Crippen LogP contribution in [0.5, 0.6) is 0 Å². The first kappa shape index (κ1) is 17.3. The fourth-order valence-electron chi connectivity index (χ4n) is 2.33. The zero-order chi connectivity index (χ0) is 17.8. The molecule has 0 unspecified atom stereocenters. The van der Waals surface area contributed by atoms with Crippen molar-refractivity contribution in [1.29, 1.82) is 0 Å². The van der Waals surface area contributed by atoms with Gasteiger partial charge in [0.15, 0.2) is 0 Å². The Morgan fingerprint density at radius 1 is 1.12 bits per heavy atom. The summed E-state index contributed by atoms with van der Waals surface area (Å²) in [5.74, 6) is 0. The van der Waals surface area contributed by atoms with Crippen molar-refractivity contribution in [2.45, 2.75) is 6.54 Å². The van der Waals surface area contributed by atoms with Gasteiger partial charge in [0.2, 0.25) is 0 Å². The van der Waals surface area contributed by atoms with Crippen molar-refractivity contribution >= 4 is 34.9 Å². The van der Waals surface area contributed by atoms with E-state index >= 15 is 0 Å². The SMILES string of the molecule is Cn1nc(CNC(=O)Nc2ccc(Cl)c(Cl)c2)cc1-c1ccncc1. The van der Waals surface area contributed by atoms with Gasteiger partial charge in [-0.15, -0.1) is 0 Å². The van der Waals surface area contributed by atoms with Crippen molar-refractivity contribution in [3.63, 3.8) is 0 Å². The van der Waals surface area contributed by atoms with Crippen LogP contribution in [-0.4, -0.2) is 20.8 Å². The molecule has 3 aromatic rings. The largest absolute Gasteiger partial charge is 0.332 e. The van der Waals surface area contributed by atoms with E-state index in [1.807, 2.05) is 25.2 Å². The number of halogens is 2. The molecule has 0 saturated heterocycles. The van der Waals surface area contributed by atoms with Crippen LogP contribution < -0.4 is 10.6 Å². The molecule has 0 atom stereocenters. The molecule has 2 amide bonds. The molecular formula is C17H15Cl2N5O. The zero-order valence-corrected chi connectivity index (χ0v) is 14.8. The smallest absolute Gasteiger partial charge is 0.319 e. The molecule has 6 nitrogen and oxygen atoms in total. The second-order valence-corrected chi connectivity index (χ2v) is 6.13. The van der Waals surface area contributed by atoms with Crippen molar-refractivity contribution in [2.24, 2.45) is 7.05 Å². The molecule has 1 aromatic carbocycles. The minimum atomic E-state index is -0.352. The molecule has 0 spiro atoms. The molecule has 2 N–H and O–H groups in total. The number of aryl methyl sites for hydroxylation is 1. The van der Waals surface area contributed by atoms with E-state index in [-0.39, 0.29) is 6.03 Å². The first-order chi connectivity index (χ1) is 12.0. The minimum Gasteiger partial charge on any atom is -0.332 e. The van der Waals surface area contributed by atoms with Gasteiger partial charge >= 0.3 is 6.03 Å². The Kier molecular flexibility index (Phi) is 5.21. The Morgan fingerprint density at radius 2 is 1.88 bits per heavy atom. The minimum absolute atomic E-state index is 0.298. The third kappa shape index (κ3) is 4.29. The summed E-state index contributed by atoms with van der Waals surface area (Å²) in [6.07, 6.45) is 3.45. The van der Waals surface area contributed by atoms with Crippen LogP contribution in [0.15, 0.2) is 48.8 Å². The van der Waals surface area contributed by atoms with Crippen molar-refractivity contribution < 1.29 is 4.79 Å². The molecule has 8 heteroatoms. The lowest BCUT2D eigenvalue weighted by Gasteiger charge is -2.07. The Labute approximate surface area is 154 Å². The van der Waals surface area contributed by atoms with Gasteiger partial charge in [-0.3, -0.25) is 9.67 Å². The Hall–Kier alpha value is -2.57.